The third kappa shape index (κ3) is 4.37. The van der Waals surface area contributed by atoms with Crippen molar-refractivity contribution in [2.45, 2.75) is 13.0 Å². The van der Waals surface area contributed by atoms with Gasteiger partial charge >= 0.3 is 0 Å². The van der Waals surface area contributed by atoms with Crippen molar-refractivity contribution in [3.05, 3.63) is 54.6 Å². The highest BCUT2D eigenvalue weighted by atomic mass is 16.2. The summed E-state index contributed by atoms with van der Waals surface area (Å²) in [5.74, 6) is 0.0109. The summed E-state index contributed by atoms with van der Waals surface area (Å²) in [6.45, 7) is 6.33. The number of amides is 1. The van der Waals surface area contributed by atoms with E-state index < -0.39 is 0 Å². The fraction of sp³-hybridized carbons (Fsp3) is 0.389. The van der Waals surface area contributed by atoms with Crippen molar-refractivity contribution in [3.63, 3.8) is 0 Å². The van der Waals surface area contributed by atoms with Crippen molar-refractivity contribution in [3.8, 4) is 0 Å². The largest absolute Gasteiger partial charge is 0.324 e. The number of carbonyl (C=O) groups excluding carboxylic acids is 1. The maximum atomic E-state index is 12.1. The molecule has 1 atom stereocenters. The second kappa shape index (κ2) is 7.99. The zero-order valence-electron chi connectivity index (χ0n) is 13.9. The Labute approximate surface area is 142 Å². The number of rotatable bonds is 5. The zero-order valence-corrected chi connectivity index (χ0v) is 13.9. The summed E-state index contributed by atoms with van der Waals surface area (Å²) in [4.78, 5) is 24.9. The van der Waals surface area contributed by atoms with E-state index in [0.29, 0.717) is 12.6 Å². The van der Waals surface area contributed by atoms with E-state index in [2.05, 4.69) is 38.1 Å². The molecule has 1 fully saturated rings. The quantitative estimate of drug-likeness (QED) is 0.908. The molecule has 1 aliphatic rings. The Kier molecular flexibility index (Phi) is 5.51. The van der Waals surface area contributed by atoms with E-state index in [1.807, 2.05) is 24.4 Å². The van der Waals surface area contributed by atoms with Gasteiger partial charge in [-0.25, -0.2) is 0 Å². The molecular formula is C18H23N5O. The number of pyridine rings is 2. The average Bonchev–Trinajstić information content (AvgIpc) is 2.63. The van der Waals surface area contributed by atoms with E-state index >= 15 is 0 Å². The molecular weight excluding hydrogens is 302 g/mol. The van der Waals surface area contributed by atoms with Crippen LogP contribution < -0.4 is 5.32 Å². The van der Waals surface area contributed by atoms with Gasteiger partial charge in [0.05, 0.1) is 18.4 Å². The van der Waals surface area contributed by atoms with Gasteiger partial charge in [-0.15, -0.1) is 0 Å². The van der Waals surface area contributed by atoms with Crippen molar-refractivity contribution < 1.29 is 4.79 Å². The van der Waals surface area contributed by atoms with Gasteiger partial charge in [0.15, 0.2) is 0 Å². The first-order valence-electron chi connectivity index (χ1n) is 8.28. The van der Waals surface area contributed by atoms with E-state index in [9.17, 15) is 4.79 Å². The van der Waals surface area contributed by atoms with E-state index in [0.717, 1.165) is 31.9 Å². The van der Waals surface area contributed by atoms with E-state index in [4.69, 9.17) is 0 Å². The second-order valence-corrected chi connectivity index (χ2v) is 6.06. The average molecular weight is 325 g/mol. The SMILES string of the molecule is CC(c1cccnc1)N1CCN(CC(=O)Nc2cccnc2)CC1. The van der Waals surface area contributed by atoms with Crippen molar-refractivity contribution in [1.29, 1.82) is 0 Å². The molecule has 0 saturated carbocycles. The highest BCUT2D eigenvalue weighted by Gasteiger charge is 2.23. The van der Waals surface area contributed by atoms with Gasteiger partial charge in [0.1, 0.15) is 0 Å². The number of aromatic nitrogens is 2. The molecule has 1 N–H and O–H groups in total. The molecule has 6 heteroatoms. The summed E-state index contributed by atoms with van der Waals surface area (Å²) < 4.78 is 0. The molecule has 0 spiro atoms. The number of hydrogen-bond acceptors (Lipinski definition) is 5. The molecule has 24 heavy (non-hydrogen) atoms. The Morgan fingerprint density at radius 2 is 1.83 bits per heavy atom. The molecule has 0 radical (unpaired) electrons. The predicted molar refractivity (Wildman–Crippen MR) is 93.5 cm³/mol. The Hall–Kier alpha value is -2.31. The highest BCUT2D eigenvalue weighted by molar-refractivity contribution is 5.92. The third-order valence-electron chi connectivity index (χ3n) is 4.43. The third-order valence-corrected chi connectivity index (χ3v) is 4.43. The van der Waals surface area contributed by atoms with E-state index in [1.165, 1.54) is 5.56 Å². The van der Waals surface area contributed by atoms with Gasteiger partial charge in [-0.1, -0.05) is 6.07 Å². The first-order valence-corrected chi connectivity index (χ1v) is 8.28. The van der Waals surface area contributed by atoms with Gasteiger partial charge in [-0.05, 0) is 30.7 Å². The standard InChI is InChI=1S/C18H23N5O/c1-15(16-4-2-6-19-12-16)23-10-8-22(9-11-23)14-18(24)21-17-5-3-7-20-13-17/h2-7,12-13,15H,8-11,14H2,1H3,(H,21,24). The number of carbonyl (C=O) groups is 1. The summed E-state index contributed by atoms with van der Waals surface area (Å²) in [7, 11) is 0. The summed E-state index contributed by atoms with van der Waals surface area (Å²) in [6, 6.07) is 8.10. The fourth-order valence-corrected chi connectivity index (χ4v) is 2.98. The first-order chi connectivity index (χ1) is 11.7. The normalized spacial score (nSPS) is 17.4. The molecule has 1 aliphatic heterocycles. The van der Waals surface area contributed by atoms with Crippen LogP contribution in [-0.2, 0) is 4.79 Å². The molecule has 1 unspecified atom stereocenters. The van der Waals surface area contributed by atoms with Crippen molar-refractivity contribution in [2.75, 3.05) is 38.0 Å². The molecule has 0 aromatic carbocycles. The summed E-state index contributed by atoms with van der Waals surface area (Å²) in [5.41, 5.74) is 1.98. The Morgan fingerprint density at radius 1 is 1.12 bits per heavy atom. The molecule has 2 aromatic rings. The Bertz CT molecular complexity index is 641. The number of nitrogens with one attached hydrogen (secondary N) is 1. The minimum atomic E-state index is 0.0109. The van der Waals surface area contributed by atoms with Gasteiger partial charge in [0.2, 0.25) is 5.91 Å². The molecule has 1 saturated heterocycles. The topological polar surface area (TPSA) is 61.4 Å². The molecule has 3 rings (SSSR count). The van der Waals surface area contributed by atoms with Gasteiger partial charge in [-0.2, -0.15) is 0 Å². The van der Waals surface area contributed by atoms with Crippen LogP contribution in [0.25, 0.3) is 0 Å². The maximum Gasteiger partial charge on any atom is 0.238 e. The monoisotopic (exact) mass is 325 g/mol. The minimum absolute atomic E-state index is 0.0109. The first kappa shape index (κ1) is 16.5. The molecule has 1 amide bonds. The minimum Gasteiger partial charge on any atom is -0.324 e. The lowest BCUT2D eigenvalue weighted by molar-refractivity contribution is -0.117. The zero-order chi connectivity index (χ0) is 16.8. The lowest BCUT2D eigenvalue weighted by atomic mass is 10.1. The van der Waals surface area contributed by atoms with Crippen LogP contribution in [0, 0.1) is 0 Å². The number of nitrogens with zero attached hydrogens (tertiary/aromatic N) is 4. The van der Waals surface area contributed by atoms with Crippen LogP contribution in [0.1, 0.15) is 18.5 Å². The van der Waals surface area contributed by atoms with Crippen LogP contribution in [0.5, 0.6) is 0 Å². The van der Waals surface area contributed by atoms with Gasteiger partial charge in [-0.3, -0.25) is 24.6 Å². The fourth-order valence-electron chi connectivity index (χ4n) is 2.98. The van der Waals surface area contributed by atoms with Crippen molar-refractivity contribution in [1.82, 2.24) is 19.8 Å². The summed E-state index contributed by atoms with van der Waals surface area (Å²) >= 11 is 0. The predicted octanol–water partition coefficient (Wildman–Crippen LogP) is 1.79. The van der Waals surface area contributed by atoms with Crippen molar-refractivity contribution >= 4 is 11.6 Å². The number of hydrogen-bond donors (Lipinski definition) is 1. The molecule has 126 valence electrons. The molecule has 0 bridgehead atoms. The lowest BCUT2D eigenvalue weighted by Crippen LogP contribution is -2.49. The molecule has 6 nitrogen and oxygen atoms in total. The van der Waals surface area contributed by atoms with Gasteiger partial charge in [0.25, 0.3) is 0 Å². The van der Waals surface area contributed by atoms with Crippen LogP contribution in [-0.4, -0.2) is 58.4 Å². The molecule has 0 aliphatic carbocycles. The summed E-state index contributed by atoms with van der Waals surface area (Å²) in [5, 5.41) is 2.88. The van der Waals surface area contributed by atoms with Crippen LogP contribution in [0.15, 0.2) is 49.1 Å². The summed E-state index contributed by atoms with van der Waals surface area (Å²) in [6.07, 6.45) is 7.08. The van der Waals surface area contributed by atoms with Crippen molar-refractivity contribution in [2.24, 2.45) is 0 Å². The number of piperazine rings is 1. The maximum absolute atomic E-state index is 12.1. The Balaban J connectivity index is 1.46. The second-order valence-electron chi connectivity index (χ2n) is 6.06. The van der Waals surface area contributed by atoms with E-state index in [1.54, 1.807) is 18.6 Å². The highest BCUT2D eigenvalue weighted by Crippen LogP contribution is 2.20. The van der Waals surface area contributed by atoms with Crippen LogP contribution >= 0.6 is 0 Å². The van der Waals surface area contributed by atoms with Crippen LogP contribution in [0.4, 0.5) is 5.69 Å². The Morgan fingerprint density at radius 3 is 2.46 bits per heavy atom. The van der Waals surface area contributed by atoms with Crippen LogP contribution in [0.3, 0.4) is 0 Å². The number of anilines is 1. The van der Waals surface area contributed by atoms with Gasteiger partial charge < -0.3 is 5.32 Å². The smallest absolute Gasteiger partial charge is 0.238 e. The van der Waals surface area contributed by atoms with E-state index in [-0.39, 0.29) is 5.91 Å². The molecule has 3 heterocycles. The molecule has 2 aromatic heterocycles. The van der Waals surface area contributed by atoms with Gasteiger partial charge in [0, 0.05) is 50.8 Å². The lowest BCUT2D eigenvalue weighted by Gasteiger charge is -2.37. The van der Waals surface area contributed by atoms with Crippen LogP contribution in [0.2, 0.25) is 0 Å².